The minimum absolute atomic E-state index is 0.00675. The number of hydrogen-bond acceptors (Lipinski definition) is 3. The summed E-state index contributed by atoms with van der Waals surface area (Å²) in [7, 11) is 0. The first-order chi connectivity index (χ1) is 8.06. The van der Waals surface area contributed by atoms with Gasteiger partial charge < -0.3 is 4.74 Å². The quantitative estimate of drug-likeness (QED) is 0.755. The molecule has 1 aromatic heterocycles. The van der Waals surface area contributed by atoms with E-state index in [0.717, 1.165) is 6.54 Å². The van der Waals surface area contributed by atoms with Crippen molar-refractivity contribution in [2.24, 2.45) is 11.8 Å². The minimum atomic E-state index is -0.0491. The fourth-order valence-electron chi connectivity index (χ4n) is 2.68. The highest BCUT2D eigenvalue weighted by atomic mass is 16.5. The maximum Gasteiger partial charge on any atom is 0.186 e. The molecular weight excluding hydrogens is 216 g/mol. The van der Waals surface area contributed by atoms with E-state index >= 15 is 0 Å². The SMILES string of the molecule is CCn1nccc1C(=O)C1C(C)OC(C)C1C. The zero-order chi connectivity index (χ0) is 12.6. The Hall–Kier alpha value is -1.16. The second kappa shape index (κ2) is 4.61. The van der Waals surface area contributed by atoms with Crippen molar-refractivity contribution in [3.05, 3.63) is 18.0 Å². The lowest BCUT2D eigenvalue weighted by atomic mass is 9.85. The Morgan fingerprint density at radius 1 is 1.41 bits per heavy atom. The molecule has 1 aromatic rings. The van der Waals surface area contributed by atoms with E-state index in [1.165, 1.54) is 0 Å². The van der Waals surface area contributed by atoms with Crippen molar-refractivity contribution >= 4 is 5.78 Å². The molecule has 17 heavy (non-hydrogen) atoms. The van der Waals surface area contributed by atoms with Gasteiger partial charge in [-0.25, -0.2) is 0 Å². The molecule has 2 heterocycles. The van der Waals surface area contributed by atoms with Crippen LogP contribution in [0.4, 0.5) is 0 Å². The number of rotatable bonds is 3. The summed E-state index contributed by atoms with van der Waals surface area (Å²) >= 11 is 0. The molecule has 1 aliphatic rings. The van der Waals surface area contributed by atoms with Gasteiger partial charge in [0.15, 0.2) is 5.78 Å². The smallest absolute Gasteiger partial charge is 0.186 e. The second-order valence-electron chi connectivity index (χ2n) is 4.83. The monoisotopic (exact) mass is 236 g/mol. The largest absolute Gasteiger partial charge is 0.374 e. The van der Waals surface area contributed by atoms with E-state index in [9.17, 15) is 4.79 Å². The molecule has 4 atom stereocenters. The fourth-order valence-corrected chi connectivity index (χ4v) is 2.68. The molecular formula is C13H20N2O2. The number of aromatic nitrogens is 2. The van der Waals surface area contributed by atoms with Crippen molar-refractivity contribution in [1.82, 2.24) is 9.78 Å². The highest BCUT2D eigenvalue weighted by molar-refractivity contribution is 5.97. The number of hydrogen-bond donors (Lipinski definition) is 0. The van der Waals surface area contributed by atoms with E-state index in [1.807, 2.05) is 20.8 Å². The number of ketones is 1. The maximum absolute atomic E-state index is 12.5. The molecule has 4 unspecified atom stereocenters. The summed E-state index contributed by atoms with van der Waals surface area (Å²) in [5.41, 5.74) is 0.703. The molecule has 0 aliphatic carbocycles. The van der Waals surface area contributed by atoms with Crippen molar-refractivity contribution < 1.29 is 9.53 Å². The van der Waals surface area contributed by atoms with E-state index in [4.69, 9.17) is 4.74 Å². The summed E-state index contributed by atoms with van der Waals surface area (Å²) in [5, 5.41) is 4.15. The Morgan fingerprint density at radius 2 is 2.12 bits per heavy atom. The molecule has 0 N–H and O–H groups in total. The molecule has 0 bridgehead atoms. The summed E-state index contributed by atoms with van der Waals surface area (Å²) in [6, 6.07) is 1.80. The first-order valence-electron chi connectivity index (χ1n) is 6.27. The van der Waals surface area contributed by atoms with Crippen LogP contribution in [0.3, 0.4) is 0 Å². The van der Waals surface area contributed by atoms with Crippen LogP contribution in [0, 0.1) is 11.8 Å². The standard InChI is InChI=1S/C13H20N2O2/c1-5-15-11(6-7-14-15)13(16)12-8(2)9(3)17-10(12)4/h6-10,12H,5H2,1-4H3. The molecule has 0 radical (unpaired) electrons. The predicted octanol–water partition coefficient (Wildman–Crippen LogP) is 2.15. The minimum Gasteiger partial charge on any atom is -0.374 e. The first kappa shape index (κ1) is 12.3. The number of Topliss-reactive ketones (excluding diaryl/α,β-unsaturated/α-hetero) is 1. The molecule has 0 spiro atoms. The van der Waals surface area contributed by atoms with Crippen LogP contribution in [0.2, 0.25) is 0 Å². The van der Waals surface area contributed by atoms with Crippen LogP contribution in [0.5, 0.6) is 0 Å². The van der Waals surface area contributed by atoms with E-state index in [2.05, 4.69) is 12.0 Å². The molecule has 94 valence electrons. The van der Waals surface area contributed by atoms with Gasteiger partial charge in [0, 0.05) is 12.7 Å². The summed E-state index contributed by atoms with van der Waals surface area (Å²) in [4.78, 5) is 12.5. The predicted molar refractivity (Wildman–Crippen MR) is 64.9 cm³/mol. The van der Waals surface area contributed by atoms with Gasteiger partial charge in [-0.15, -0.1) is 0 Å². The Balaban J connectivity index is 2.26. The van der Waals surface area contributed by atoms with Gasteiger partial charge in [-0.1, -0.05) is 6.92 Å². The topological polar surface area (TPSA) is 44.1 Å². The third-order valence-corrected chi connectivity index (χ3v) is 3.81. The van der Waals surface area contributed by atoms with Crippen molar-refractivity contribution in [1.29, 1.82) is 0 Å². The van der Waals surface area contributed by atoms with Crippen molar-refractivity contribution in [2.45, 2.75) is 46.4 Å². The lowest BCUT2D eigenvalue weighted by molar-refractivity contribution is 0.0489. The summed E-state index contributed by atoms with van der Waals surface area (Å²) in [6.45, 7) is 8.81. The number of nitrogens with zero attached hydrogens (tertiary/aromatic N) is 2. The van der Waals surface area contributed by atoms with Gasteiger partial charge >= 0.3 is 0 Å². The molecule has 4 heteroatoms. The van der Waals surface area contributed by atoms with Crippen LogP contribution in [-0.4, -0.2) is 27.8 Å². The average Bonchev–Trinajstić information content (AvgIpc) is 2.84. The molecule has 1 aliphatic heterocycles. The fraction of sp³-hybridized carbons (Fsp3) is 0.692. The van der Waals surface area contributed by atoms with E-state index in [1.54, 1.807) is 16.9 Å². The van der Waals surface area contributed by atoms with Crippen LogP contribution < -0.4 is 0 Å². The number of carbonyl (C=O) groups excluding carboxylic acids is 1. The zero-order valence-electron chi connectivity index (χ0n) is 10.9. The number of aryl methyl sites for hydroxylation is 1. The summed E-state index contributed by atoms with van der Waals surface area (Å²) < 4.78 is 7.48. The van der Waals surface area contributed by atoms with E-state index in [0.29, 0.717) is 5.69 Å². The number of carbonyl (C=O) groups is 1. The van der Waals surface area contributed by atoms with Gasteiger partial charge in [0.05, 0.1) is 18.1 Å². The number of ether oxygens (including phenoxy) is 1. The molecule has 0 saturated carbocycles. The summed E-state index contributed by atoms with van der Waals surface area (Å²) in [6.07, 6.45) is 1.83. The lowest BCUT2D eigenvalue weighted by Gasteiger charge is -2.17. The van der Waals surface area contributed by atoms with Crippen LogP contribution in [0.25, 0.3) is 0 Å². The van der Waals surface area contributed by atoms with Crippen LogP contribution in [0.1, 0.15) is 38.2 Å². The molecule has 0 amide bonds. The average molecular weight is 236 g/mol. The Morgan fingerprint density at radius 3 is 2.65 bits per heavy atom. The summed E-state index contributed by atoms with van der Waals surface area (Å²) in [5.74, 6) is 0.374. The van der Waals surface area contributed by atoms with Crippen LogP contribution in [-0.2, 0) is 11.3 Å². The molecule has 4 nitrogen and oxygen atoms in total. The molecule has 0 aromatic carbocycles. The maximum atomic E-state index is 12.5. The molecule has 1 saturated heterocycles. The van der Waals surface area contributed by atoms with Crippen LogP contribution in [0.15, 0.2) is 12.3 Å². The van der Waals surface area contributed by atoms with Crippen molar-refractivity contribution in [3.8, 4) is 0 Å². The highest BCUT2D eigenvalue weighted by Gasteiger charge is 2.42. The van der Waals surface area contributed by atoms with Crippen molar-refractivity contribution in [2.75, 3.05) is 0 Å². The second-order valence-corrected chi connectivity index (χ2v) is 4.83. The highest BCUT2D eigenvalue weighted by Crippen LogP contribution is 2.34. The Bertz CT molecular complexity index is 413. The Kier molecular flexibility index (Phi) is 3.33. The van der Waals surface area contributed by atoms with Crippen LogP contribution >= 0.6 is 0 Å². The van der Waals surface area contributed by atoms with Gasteiger partial charge in [0.2, 0.25) is 0 Å². The molecule has 1 fully saturated rings. The van der Waals surface area contributed by atoms with E-state index < -0.39 is 0 Å². The zero-order valence-corrected chi connectivity index (χ0v) is 10.9. The van der Waals surface area contributed by atoms with Gasteiger partial charge in [-0.2, -0.15) is 5.10 Å². The third kappa shape index (κ3) is 2.02. The normalized spacial score (nSPS) is 32.9. The lowest BCUT2D eigenvalue weighted by Crippen LogP contribution is -2.28. The van der Waals surface area contributed by atoms with E-state index in [-0.39, 0.29) is 29.8 Å². The van der Waals surface area contributed by atoms with Gasteiger partial charge in [-0.05, 0) is 32.8 Å². The Labute approximate surface area is 102 Å². The third-order valence-electron chi connectivity index (χ3n) is 3.81. The first-order valence-corrected chi connectivity index (χ1v) is 6.27. The van der Waals surface area contributed by atoms with Crippen molar-refractivity contribution in [3.63, 3.8) is 0 Å². The van der Waals surface area contributed by atoms with Gasteiger partial charge in [0.1, 0.15) is 5.69 Å². The van der Waals surface area contributed by atoms with Gasteiger partial charge in [-0.3, -0.25) is 9.48 Å². The van der Waals surface area contributed by atoms with Gasteiger partial charge in [0.25, 0.3) is 0 Å². The molecule has 2 rings (SSSR count).